The molecule has 0 unspecified atom stereocenters. The van der Waals surface area contributed by atoms with Crippen LogP contribution in [0.3, 0.4) is 0 Å². The summed E-state index contributed by atoms with van der Waals surface area (Å²) in [6, 6.07) is 65.8. The van der Waals surface area contributed by atoms with E-state index in [4.69, 9.17) is 4.42 Å². The van der Waals surface area contributed by atoms with Crippen LogP contribution in [0.25, 0.3) is 71.7 Å². The third-order valence-corrected chi connectivity index (χ3v) is 11.6. The fourth-order valence-electron chi connectivity index (χ4n) is 9.04. The standard InChI is InChI=1S/C51H36N2O/c1-51(2)43-20-8-6-17-39(43)40-30-29-38(32-44(40)51)52(35-27-25-34(26-28-35)33-13-4-3-5-14-33)36-15-10-16-37(31-36)53-45-21-11-19-42-41-18-7-9-23-47(41)54-48-24-12-22-46(53)50(48)49(42)45/h3-32H,1-2H3. The van der Waals surface area contributed by atoms with Crippen LogP contribution in [0.15, 0.2) is 186 Å². The highest BCUT2D eigenvalue weighted by molar-refractivity contribution is 6.26. The van der Waals surface area contributed by atoms with E-state index < -0.39 is 0 Å². The van der Waals surface area contributed by atoms with Crippen molar-refractivity contribution in [2.75, 3.05) is 4.90 Å². The van der Waals surface area contributed by atoms with Crippen molar-refractivity contribution in [2.45, 2.75) is 19.3 Å². The Morgan fingerprint density at radius 1 is 0.444 bits per heavy atom. The van der Waals surface area contributed by atoms with Gasteiger partial charge in [0.1, 0.15) is 11.2 Å². The van der Waals surface area contributed by atoms with E-state index in [2.05, 4.69) is 199 Å². The molecule has 2 heterocycles. The highest BCUT2D eigenvalue weighted by Gasteiger charge is 2.35. The lowest BCUT2D eigenvalue weighted by Crippen LogP contribution is -2.16. The number of rotatable bonds is 5. The van der Waals surface area contributed by atoms with Crippen LogP contribution < -0.4 is 4.90 Å². The number of fused-ring (bicyclic) bond motifs is 5. The maximum atomic E-state index is 6.64. The van der Waals surface area contributed by atoms with Crippen LogP contribution in [0, 0.1) is 0 Å². The number of anilines is 3. The Balaban J connectivity index is 1.13. The first-order valence-corrected chi connectivity index (χ1v) is 18.7. The first-order chi connectivity index (χ1) is 26.5. The zero-order valence-corrected chi connectivity index (χ0v) is 30.1. The lowest BCUT2D eigenvalue weighted by atomic mass is 9.82. The van der Waals surface area contributed by atoms with Crippen LogP contribution in [-0.4, -0.2) is 4.57 Å². The Labute approximate surface area is 314 Å². The van der Waals surface area contributed by atoms with E-state index in [-0.39, 0.29) is 5.41 Å². The molecule has 0 saturated carbocycles. The second-order valence-corrected chi connectivity index (χ2v) is 15.0. The van der Waals surface area contributed by atoms with Gasteiger partial charge in [0, 0.05) is 38.9 Å². The topological polar surface area (TPSA) is 21.3 Å². The number of hydrogen-bond donors (Lipinski definition) is 0. The summed E-state index contributed by atoms with van der Waals surface area (Å²) >= 11 is 0. The molecule has 0 amide bonds. The number of nitrogens with zero attached hydrogens (tertiary/aromatic N) is 2. The molecule has 10 aromatic rings. The van der Waals surface area contributed by atoms with E-state index in [1.54, 1.807) is 0 Å². The molecule has 2 aromatic heterocycles. The fraction of sp³-hybridized carbons (Fsp3) is 0.0588. The van der Waals surface area contributed by atoms with Gasteiger partial charge in [0.25, 0.3) is 0 Å². The SMILES string of the molecule is CC1(C)c2ccccc2-c2ccc(N(c3ccc(-c4ccccc4)cc3)c3cccc(-n4c5cccc6oc7ccccc7c7cccc4c7c65)c3)cc21. The summed E-state index contributed by atoms with van der Waals surface area (Å²) in [5.74, 6) is 0. The molecule has 256 valence electrons. The van der Waals surface area contributed by atoms with Crippen LogP contribution in [-0.2, 0) is 5.41 Å². The molecule has 0 N–H and O–H groups in total. The first kappa shape index (κ1) is 30.8. The lowest BCUT2D eigenvalue weighted by Gasteiger charge is -2.28. The van der Waals surface area contributed by atoms with Crippen molar-refractivity contribution in [3.8, 4) is 27.9 Å². The number of aromatic nitrogens is 1. The Hall–Kier alpha value is -6.84. The molecule has 0 atom stereocenters. The van der Waals surface area contributed by atoms with Gasteiger partial charge in [0.05, 0.1) is 16.4 Å². The van der Waals surface area contributed by atoms with Crippen LogP contribution in [0.2, 0.25) is 0 Å². The van der Waals surface area contributed by atoms with Crippen molar-refractivity contribution in [3.05, 3.63) is 193 Å². The van der Waals surface area contributed by atoms with E-state index in [0.29, 0.717) is 0 Å². The smallest absolute Gasteiger partial charge is 0.137 e. The van der Waals surface area contributed by atoms with E-state index in [9.17, 15) is 0 Å². The van der Waals surface area contributed by atoms with Crippen LogP contribution in [0.4, 0.5) is 17.1 Å². The van der Waals surface area contributed by atoms with Gasteiger partial charge in [-0.15, -0.1) is 0 Å². The quantitative estimate of drug-likeness (QED) is 0.179. The minimum atomic E-state index is -0.114. The molecule has 11 rings (SSSR count). The molecule has 3 nitrogen and oxygen atoms in total. The molecule has 1 aliphatic rings. The van der Waals surface area contributed by atoms with Crippen molar-refractivity contribution in [1.29, 1.82) is 0 Å². The third-order valence-electron chi connectivity index (χ3n) is 11.6. The summed E-state index contributed by atoms with van der Waals surface area (Å²) in [5, 5.41) is 4.65. The predicted octanol–water partition coefficient (Wildman–Crippen LogP) is 14.1. The molecular weight excluding hydrogens is 657 g/mol. The van der Waals surface area contributed by atoms with E-state index in [0.717, 1.165) is 55.7 Å². The second kappa shape index (κ2) is 11.6. The molecule has 1 aliphatic carbocycles. The zero-order chi connectivity index (χ0) is 36.0. The van der Waals surface area contributed by atoms with Crippen molar-refractivity contribution in [1.82, 2.24) is 4.57 Å². The van der Waals surface area contributed by atoms with Crippen LogP contribution in [0.1, 0.15) is 25.0 Å². The highest BCUT2D eigenvalue weighted by Crippen LogP contribution is 2.51. The van der Waals surface area contributed by atoms with Gasteiger partial charge in [0.15, 0.2) is 0 Å². The largest absolute Gasteiger partial charge is 0.456 e. The molecule has 0 radical (unpaired) electrons. The van der Waals surface area contributed by atoms with Gasteiger partial charge in [-0.2, -0.15) is 0 Å². The van der Waals surface area contributed by atoms with E-state index >= 15 is 0 Å². The minimum absolute atomic E-state index is 0.114. The average molecular weight is 693 g/mol. The molecule has 0 spiro atoms. The Kier molecular flexibility index (Phi) is 6.60. The van der Waals surface area contributed by atoms with E-state index in [1.807, 2.05) is 6.07 Å². The van der Waals surface area contributed by atoms with Gasteiger partial charge < -0.3 is 13.9 Å². The molecule has 0 aliphatic heterocycles. The van der Waals surface area contributed by atoms with Crippen LogP contribution in [0.5, 0.6) is 0 Å². The second-order valence-electron chi connectivity index (χ2n) is 15.0. The van der Waals surface area contributed by atoms with Gasteiger partial charge in [-0.25, -0.2) is 0 Å². The van der Waals surface area contributed by atoms with Crippen molar-refractivity contribution < 1.29 is 4.42 Å². The first-order valence-electron chi connectivity index (χ1n) is 18.7. The molecule has 0 saturated heterocycles. The Morgan fingerprint density at radius 2 is 1.07 bits per heavy atom. The summed E-state index contributed by atoms with van der Waals surface area (Å²) in [6.07, 6.45) is 0. The van der Waals surface area contributed by atoms with Crippen LogP contribution >= 0.6 is 0 Å². The lowest BCUT2D eigenvalue weighted by molar-refractivity contribution is 0.660. The zero-order valence-electron chi connectivity index (χ0n) is 30.1. The Bertz CT molecular complexity index is 3070. The van der Waals surface area contributed by atoms with Gasteiger partial charge in [-0.1, -0.05) is 129 Å². The predicted molar refractivity (Wildman–Crippen MR) is 226 cm³/mol. The van der Waals surface area contributed by atoms with Crippen molar-refractivity contribution in [3.63, 3.8) is 0 Å². The van der Waals surface area contributed by atoms with Gasteiger partial charge in [-0.05, 0) is 105 Å². The maximum Gasteiger partial charge on any atom is 0.137 e. The monoisotopic (exact) mass is 692 g/mol. The summed E-state index contributed by atoms with van der Waals surface area (Å²) in [6.45, 7) is 4.70. The molecule has 3 heteroatoms. The normalized spacial score (nSPS) is 13.1. The number of benzene rings is 8. The molecule has 8 aromatic carbocycles. The number of para-hydroxylation sites is 1. The summed E-state index contributed by atoms with van der Waals surface area (Å²) in [5.41, 5.74) is 16.1. The molecule has 0 fully saturated rings. The minimum Gasteiger partial charge on any atom is -0.456 e. The molecule has 0 bridgehead atoms. The summed E-state index contributed by atoms with van der Waals surface area (Å²) in [7, 11) is 0. The highest BCUT2D eigenvalue weighted by atomic mass is 16.3. The fourth-order valence-corrected chi connectivity index (χ4v) is 9.04. The molecular formula is C51H36N2O. The van der Waals surface area contributed by atoms with Gasteiger partial charge in [0.2, 0.25) is 0 Å². The summed E-state index contributed by atoms with van der Waals surface area (Å²) < 4.78 is 9.04. The van der Waals surface area contributed by atoms with Crippen molar-refractivity contribution in [2.24, 2.45) is 0 Å². The number of hydrogen-bond acceptors (Lipinski definition) is 2. The van der Waals surface area contributed by atoms with Crippen molar-refractivity contribution >= 4 is 60.8 Å². The average Bonchev–Trinajstić information content (AvgIpc) is 3.62. The maximum absolute atomic E-state index is 6.64. The van der Waals surface area contributed by atoms with Gasteiger partial charge in [-0.3, -0.25) is 0 Å². The molecule has 54 heavy (non-hydrogen) atoms. The van der Waals surface area contributed by atoms with E-state index in [1.165, 1.54) is 44.2 Å². The Morgan fingerprint density at radius 3 is 1.94 bits per heavy atom. The van der Waals surface area contributed by atoms with Gasteiger partial charge >= 0.3 is 0 Å². The summed E-state index contributed by atoms with van der Waals surface area (Å²) in [4.78, 5) is 2.41. The third kappa shape index (κ3) is 4.48.